The van der Waals surface area contributed by atoms with E-state index in [9.17, 15) is 0 Å². The van der Waals surface area contributed by atoms with Crippen molar-refractivity contribution in [2.45, 2.75) is 0 Å². The van der Waals surface area contributed by atoms with Gasteiger partial charge in [-0.05, 0) is 18.2 Å². The van der Waals surface area contributed by atoms with Gasteiger partial charge >= 0.3 is 0 Å². The highest BCUT2D eigenvalue weighted by Gasteiger charge is 2.11. The lowest BCUT2D eigenvalue weighted by Gasteiger charge is -2.08. The number of rotatable bonds is 2. The molecule has 0 heterocycles. The molecule has 2 rings (SSSR count). The molecule has 0 atom stereocenters. The van der Waals surface area contributed by atoms with Crippen LogP contribution in [0.3, 0.4) is 0 Å². The Balaban J connectivity index is 2.54. The van der Waals surface area contributed by atoms with E-state index in [-0.39, 0.29) is 0 Å². The summed E-state index contributed by atoms with van der Waals surface area (Å²) >= 11 is 3.37. The van der Waals surface area contributed by atoms with Crippen molar-refractivity contribution in [1.29, 1.82) is 0 Å². The van der Waals surface area contributed by atoms with E-state index >= 15 is 0 Å². The number of anilines is 1. The lowest BCUT2D eigenvalue weighted by atomic mass is 10.0. The van der Waals surface area contributed by atoms with Gasteiger partial charge in [-0.25, -0.2) is 0 Å². The first kappa shape index (κ1) is 11.7. The van der Waals surface area contributed by atoms with Crippen LogP contribution in [-0.2, 0) is 0 Å². The Labute approximate surface area is 108 Å². The zero-order chi connectivity index (χ0) is 12.3. The number of halogens is 1. The van der Waals surface area contributed by atoms with Gasteiger partial charge < -0.3 is 10.9 Å². The van der Waals surface area contributed by atoms with Crippen LogP contribution in [0.1, 0.15) is 11.1 Å². The van der Waals surface area contributed by atoms with Gasteiger partial charge in [-0.1, -0.05) is 51.4 Å². The summed E-state index contributed by atoms with van der Waals surface area (Å²) < 4.78 is 0.888. The van der Waals surface area contributed by atoms with Crippen LogP contribution in [0.25, 0.3) is 0 Å². The lowest BCUT2D eigenvalue weighted by molar-refractivity contribution is 0.319. The average molecular weight is 291 g/mol. The van der Waals surface area contributed by atoms with E-state index in [1.807, 2.05) is 42.5 Å². The summed E-state index contributed by atoms with van der Waals surface area (Å²) in [6, 6.07) is 14.9. The normalized spacial score (nSPS) is 11.5. The van der Waals surface area contributed by atoms with Crippen LogP contribution in [0.4, 0.5) is 5.69 Å². The largest absolute Gasteiger partial charge is 0.410 e. The molecule has 3 nitrogen and oxygen atoms in total. The van der Waals surface area contributed by atoms with Crippen molar-refractivity contribution >= 4 is 27.3 Å². The standard InChI is InChI=1S/C13H11BrN2O/c14-10-6-7-12(15)11(8-10)13(16-17)9-4-2-1-3-5-9/h1-8,17H,15H2/b16-13-. The molecule has 0 fully saturated rings. The number of oxime groups is 1. The number of nitrogens with zero attached hydrogens (tertiary/aromatic N) is 1. The van der Waals surface area contributed by atoms with Crippen LogP contribution >= 0.6 is 15.9 Å². The molecule has 0 amide bonds. The van der Waals surface area contributed by atoms with E-state index < -0.39 is 0 Å². The third-order valence-corrected chi connectivity index (χ3v) is 2.91. The number of nitrogens with two attached hydrogens (primary N) is 1. The molecular formula is C13H11BrN2O. The Morgan fingerprint density at radius 3 is 2.47 bits per heavy atom. The molecule has 86 valence electrons. The molecule has 2 aromatic rings. The van der Waals surface area contributed by atoms with Crippen molar-refractivity contribution in [1.82, 2.24) is 0 Å². The second-order valence-corrected chi connectivity index (χ2v) is 4.46. The lowest BCUT2D eigenvalue weighted by Crippen LogP contribution is -2.06. The summed E-state index contributed by atoms with van der Waals surface area (Å²) in [5.41, 5.74) is 8.45. The number of nitrogen functional groups attached to an aromatic ring is 1. The molecule has 0 unspecified atom stereocenters. The molecule has 0 saturated carbocycles. The second-order valence-electron chi connectivity index (χ2n) is 3.55. The highest BCUT2D eigenvalue weighted by molar-refractivity contribution is 9.10. The SMILES string of the molecule is Nc1ccc(Br)cc1/C(=N\O)c1ccccc1. The zero-order valence-corrected chi connectivity index (χ0v) is 10.6. The van der Waals surface area contributed by atoms with E-state index in [1.165, 1.54) is 0 Å². The first-order chi connectivity index (χ1) is 8.22. The molecule has 0 saturated heterocycles. The van der Waals surface area contributed by atoms with E-state index in [0.717, 1.165) is 10.0 Å². The van der Waals surface area contributed by atoms with Crippen molar-refractivity contribution in [3.05, 3.63) is 64.1 Å². The maximum absolute atomic E-state index is 9.17. The quantitative estimate of drug-likeness (QED) is 0.386. The highest BCUT2D eigenvalue weighted by atomic mass is 79.9. The predicted octanol–water partition coefficient (Wildman–Crippen LogP) is 3.26. The van der Waals surface area contributed by atoms with Crippen LogP contribution in [0.5, 0.6) is 0 Å². The van der Waals surface area contributed by atoms with E-state index in [4.69, 9.17) is 10.9 Å². The zero-order valence-electron chi connectivity index (χ0n) is 8.97. The summed E-state index contributed by atoms with van der Waals surface area (Å²) in [5.74, 6) is 0. The minimum atomic E-state index is 0.462. The van der Waals surface area contributed by atoms with Gasteiger partial charge in [0.15, 0.2) is 0 Å². The molecule has 0 spiro atoms. The molecule has 3 N–H and O–H groups in total. The summed E-state index contributed by atoms with van der Waals surface area (Å²) in [6.07, 6.45) is 0. The van der Waals surface area contributed by atoms with E-state index in [0.29, 0.717) is 17.0 Å². The molecule has 2 aromatic carbocycles. The Morgan fingerprint density at radius 2 is 1.82 bits per heavy atom. The first-order valence-electron chi connectivity index (χ1n) is 5.05. The Morgan fingerprint density at radius 1 is 1.12 bits per heavy atom. The predicted molar refractivity (Wildman–Crippen MR) is 72.4 cm³/mol. The van der Waals surface area contributed by atoms with Crippen LogP contribution in [0.2, 0.25) is 0 Å². The third-order valence-electron chi connectivity index (χ3n) is 2.42. The second kappa shape index (κ2) is 5.01. The molecule has 0 aromatic heterocycles. The first-order valence-corrected chi connectivity index (χ1v) is 5.84. The van der Waals surface area contributed by atoms with Gasteiger partial charge in [0.25, 0.3) is 0 Å². The smallest absolute Gasteiger partial charge is 0.119 e. The van der Waals surface area contributed by atoms with E-state index in [1.54, 1.807) is 6.07 Å². The van der Waals surface area contributed by atoms with Crippen molar-refractivity contribution in [3.63, 3.8) is 0 Å². The summed E-state index contributed by atoms with van der Waals surface area (Å²) in [4.78, 5) is 0. The average Bonchev–Trinajstić information content (AvgIpc) is 2.36. The van der Waals surface area contributed by atoms with Gasteiger partial charge in [0.2, 0.25) is 0 Å². The molecule has 17 heavy (non-hydrogen) atoms. The summed E-state index contributed by atoms with van der Waals surface area (Å²) in [5, 5.41) is 12.5. The van der Waals surface area contributed by atoms with Crippen molar-refractivity contribution in [3.8, 4) is 0 Å². The fourth-order valence-electron chi connectivity index (χ4n) is 1.60. The molecule has 0 radical (unpaired) electrons. The van der Waals surface area contributed by atoms with E-state index in [2.05, 4.69) is 21.1 Å². The van der Waals surface area contributed by atoms with Gasteiger partial charge in [0.05, 0.1) is 0 Å². The van der Waals surface area contributed by atoms with Crippen molar-refractivity contribution in [2.75, 3.05) is 5.73 Å². The number of benzene rings is 2. The van der Waals surface area contributed by atoms with Crippen LogP contribution < -0.4 is 5.73 Å². The fourth-order valence-corrected chi connectivity index (χ4v) is 1.96. The van der Waals surface area contributed by atoms with Gasteiger partial charge in [-0.2, -0.15) is 0 Å². The van der Waals surface area contributed by atoms with Crippen molar-refractivity contribution < 1.29 is 5.21 Å². The van der Waals surface area contributed by atoms with Crippen LogP contribution in [0, 0.1) is 0 Å². The third kappa shape index (κ3) is 2.47. The number of hydrogen-bond acceptors (Lipinski definition) is 3. The Hall–Kier alpha value is -1.81. The van der Waals surface area contributed by atoms with Gasteiger partial charge in [0, 0.05) is 21.3 Å². The summed E-state index contributed by atoms with van der Waals surface area (Å²) in [7, 11) is 0. The highest BCUT2D eigenvalue weighted by Crippen LogP contribution is 2.22. The molecule has 0 aliphatic rings. The minimum absolute atomic E-state index is 0.462. The Bertz CT molecular complexity index is 553. The monoisotopic (exact) mass is 290 g/mol. The van der Waals surface area contributed by atoms with Crippen LogP contribution in [-0.4, -0.2) is 10.9 Å². The Kier molecular flexibility index (Phi) is 3.44. The van der Waals surface area contributed by atoms with Gasteiger partial charge in [-0.3, -0.25) is 0 Å². The van der Waals surface area contributed by atoms with Gasteiger partial charge in [-0.15, -0.1) is 0 Å². The van der Waals surface area contributed by atoms with Crippen molar-refractivity contribution in [2.24, 2.45) is 5.16 Å². The topological polar surface area (TPSA) is 58.6 Å². The van der Waals surface area contributed by atoms with Gasteiger partial charge in [0.1, 0.15) is 5.71 Å². The maximum atomic E-state index is 9.17. The molecule has 0 bridgehead atoms. The molecule has 4 heteroatoms. The van der Waals surface area contributed by atoms with Crippen LogP contribution in [0.15, 0.2) is 58.2 Å². The fraction of sp³-hybridized carbons (Fsp3) is 0. The summed E-state index contributed by atoms with van der Waals surface area (Å²) in [6.45, 7) is 0. The number of hydrogen-bond donors (Lipinski definition) is 2. The molecular weight excluding hydrogens is 280 g/mol. The molecule has 0 aliphatic carbocycles. The maximum Gasteiger partial charge on any atom is 0.119 e. The molecule has 0 aliphatic heterocycles. The minimum Gasteiger partial charge on any atom is -0.410 e.